The van der Waals surface area contributed by atoms with Crippen LogP contribution in [0.2, 0.25) is 0 Å². The molecule has 2 unspecified atom stereocenters. The van der Waals surface area contributed by atoms with Gasteiger partial charge in [-0.3, -0.25) is 4.79 Å². The molecule has 0 aromatic carbocycles. The Kier molecular flexibility index (Phi) is 3.02. The van der Waals surface area contributed by atoms with Crippen LogP contribution in [0.15, 0.2) is 16.9 Å². The van der Waals surface area contributed by atoms with Gasteiger partial charge in [0.25, 0.3) is 5.91 Å². The fourth-order valence-electron chi connectivity index (χ4n) is 4.03. The van der Waals surface area contributed by atoms with E-state index in [1.807, 2.05) is 17.8 Å². The van der Waals surface area contributed by atoms with Crippen LogP contribution in [0.3, 0.4) is 0 Å². The largest absolute Gasteiger partial charge is 0.361 e. The second-order valence-corrected chi connectivity index (χ2v) is 6.30. The van der Waals surface area contributed by atoms with Crippen molar-refractivity contribution in [2.45, 2.75) is 57.7 Å². The highest BCUT2D eigenvalue weighted by molar-refractivity contribution is 5.96. The Morgan fingerprint density at radius 3 is 2.50 bits per heavy atom. The number of rotatable bonds is 2. The zero-order valence-electron chi connectivity index (χ0n) is 12.8. The van der Waals surface area contributed by atoms with Crippen molar-refractivity contribution >= 4 is 5.91 Å². The third-order valence-corrected chi connectivity index (χ3v) is 5.01. The number of nitrogens with zero attached hydrogens (tertiary/aromatic N) is 5. The molecule has 0 spiro atoms. The monoisotopic (exact) mass is 301 g/mol. The maximum atomic E-state index is 12.9. The van der Waals surface area contributed by atoms with Crippen LogP contribution in [0.5, 0.6) is 0 Å². The number of aryl methyl sites for hydroxylation is 2. The maximum absolute atomic E-state index is 12.9. The van der Waals surface area contributed by atoms with Crippen molar-refractivity contribution < 1.29 is 9.32 Å². The van der Waals surface area contributed by atoms with E-state index in [0.717, 1.165) is 25.7 Å². The lowest BCUT2D eigenvalue weighted by Crippen LogP contribution is -2.47. The Morgan fingerprint density at radius 2 is 1.95 bits per heavy atom. The standard InChI is InChI=1S/C15H19N5O2/c1-9-14(10(2)22-17-9)15(21)20-11-3-4-12(20)8-13(7-11)19-6-5-16-18-19/h5-6,11-13H,3-4,7-8H2,1-2H3. The van der Waals surface area contributed by atoms with Crippen LogP contribution in [0.1, 0.15) is 53.5 Å². The van der Waals surface area contributed by atoms with Gasteiger partial charge in [-0.25, -0.2) is 4.68 Å². The van der Waals surface area contributed by atoms with Crippen molar-refractivity contribution in [3.05, 3.63) is 29.4 Å². The van der Waals surface area contributed by atoms with E-state index in [2.05, 4.69) is 20.4 Å². The van der Waals surface area contributed by atoms with Crippen LogP contribution in [-0.4, -0.2) is 43.0 Å². The van der Waals surface area contributed by atoms with Crippen molar-refractivity contribution in [3.8, 4) is 0 Å². The molecule has 0 saturated carbocycles. The molecule has 7 nitrogen and oxygen atoms in total. The molecule has 0 N–H and O–H groups in total. The van der Waals surface area contributed by atoms with Crippen molar-refractivity contribution in [1.82, 2.24) is 25.1 Å². The summed E-state index contributed by atoms with van der Waals surface area (Å²) in [6, 6.07) is 0.886. The Balaban J connectivity index is 1.59. The summed E-state index contributed by atoms with van der Waals surface area (Å²) >= 11 is 0. The van der Waals surface area contributed by atoms with Crippen molar-refractivity contribution in [2.24, 2.45) is 0 Å². The quantitative estimate of drug-likeness (QED) is 0.846. The predicted octanol–water partition coefficient (Wildman–Crippen LogP) is 1.89. The molecule has 1 amide bonds. The van der Waals surface area contributed by atoms with Gasteiger partial charge in [0.05, 0.1) is 17.9 Å². The molecule has 2 aliphatic rings. The van der Waals surface area contributed by atoms with Crippen LogP contribution in [0.25, 0.3) is 0 Å². The summed E-state index contributed by atoms with van der Waals surface area (Å²) in [5.74, 6) is 0.682. The fourth-order valence-corrected chi connectivity index (χ4v) is 4.03. The van der Waals surface area contributed by atoms with E-state index in [1.54, 1.807) is 13.1 Å². The number of carbonyl (C=O) groups excluding carboxylic acids is 1. The second kappa shape index (κ2) is 4.93. The van der Waals surface area contributed by atoms with Gasteiger partial charge in [-0.05, 0) is 39.5 Å². The van der Waals surface area contributed by atoms with E-state index in [9.17, 15) is 4.79 Å². The van der Waals surface area contributed by atoms with Crippen LogP contribution in [0.4, 0.5) is 0 Å². The summed E-state index contributed by atoms with van der Waals surface area (Å²) in [5, 5.41) is 11.9. The van der Waals surface area contributed by atoms with Gasteiger partial charge in [-0.15, -0.1) is 5.10 Å². The third kappa shape index (κ3) is 1.95. The first-order valence-corrected chi connectivity index (χ1v) is 7.76. The number of piperidine rings is 1. The Hall–Kier alpha value is -2.18. The fraction of sp³-hybridized carbons (Fsp3) is 0.600. The molecular weight excluding hydrogens is 282 g/mol. The SMILES string of the molecule is Cc1noc(C)c1C(=O)N1C2CCC1CC(n1ccnn1)C2. The van der Waals surface area contributed by atoms with Crippen LogP contribution in [-0.2, 0) is 0 Å². The molecule has 22 heavy (non-hydrogen) atoms. The molecule has 2 bridgehead atoms. The molecule has 4 heterocycles. The van der Waals surface area contributed by atoms with Gasteiger partial charge in [-0.1, -0.05) is 10.4 Å². The van der Waals surface area contributed by atoms with Gasteiger partial charge in [0.2, 0.25) is 0 Å². The van der Waals surface area contributed by atoms with Crippen molar-refractivity contribution in [1.29, 1.82) is 0 Å². The first kappa shape index (κ1) is 13.5. The zero-order chi connectivity index (χ0) is 15.3. The summed E-state index contributed by atoms with van der Waals surface area (Å²) < 4.78 is 7.09. The van der Waals surface area contributed by atoms with Crippen molar-refractivity contribution in [2.75, 3.05) is 0 Å². The number of hydrogen-bond donors (Lipinski definition) is 0. The van der Waals surface area contributed by atoms with Crippen LogP contribution < -0.4 is 0 Å². The smallest absolute Gasteiger partial charge is 0.259 e. The average molecular weight is 301 g/mol. The molecule has 7 heteroatoms. The van der Waals surface area contributed by atoms with E-state index in [1.165, 1.54) is 0 Å². The lowest BCUT2D eigenvalue weighted by Gasteiger charge is -2.38. The van der Waals surface area contributed by atoms with E-state index in [4.69, 9.17) is 4.52 Å². The molecule has 2 aromatic rings. The lowest BCUT2D eigenvalue weighted by molar-refractivity contribution is 0.0520. The molecular formula is C15H19N5O2. The summed E-state index contributed by atoms with van der Waals surface area (Å²) in [7, 11) is 0. The summed E-state index contributed by atoms with van der Waals surface area (Å²) in [4.78, 5) is 15.0. The van der Waals surface area contributed by atoms with Crippen LogP contribution >= 0.6 is 0 Å². The topological polar surface area (TPSA) is 77.0 Å². The number of carbonyl (C=O) groups is 1. The highest BCUT2D eigenvalue weighted by Crippen LogP contribution is 2.41. The number of aromatic nitrogens is 4. The molecule has 116 valence electrons. The average Bonchev–Trinajstić information content (AvgIpc) is 3.19. The first-order valence-electron chi connectivity index (χ1n) is 7.76. The Labute approximate surface area is 128 Å². The minimum Gasteiger partial charge on any atom is -0.361 e. The number of amides is 1. The minimum atomic E-state index is 0.0702. The maximum Gasteiger partial charge on any atom is 0.259 e. The van der Waals surface area contributed by atoms with Crippen LogP contribution in [0, 0.1) is 13.8 Å². The lowest BCUT2D eigenvalue weighted by atomic mass is 9.96. The summed E-state index contributed by atoms with van der Waals surface area (Å²) in [6.07, 6.45) is 7.62. The minimum absolute atomic E-state index is 0.0702. The van der Waals surface area contributed by atoms with Gasteiger partial charge in [0.15, 0.2) is 0 Å². The number of hydrogen-bond acceptors (Lipinski definition) is 5. The number of fused-ring (bicyclic) bond motifs is 2. The molecule has 2 fully saturated rings. The molecule has 4 rings (SSSR count). The normalized spacial score (nSPS) is 27.4. The van der Waals surface area contributed by atoms with Gasteiger partial charge in [0.1, 0.15) is 11.3 Å². The Bertz CT molecular complexity index is 659. The summed E-state index contributed by atoms with van der Waals surface area (Å²) in [6.45, 7) is 3.63. The summed E-state index contributed by atoms with van der Waals surface area (Å²) in [5.41, 5.74) is 1.32. The van der Waals surface area contributed by atoms with E-state index in [0.29, 0.717) is 23.1 Å². The molecule has 2 atom stereocenters. The highest BCUT2D eigenvalue weighted by atomic mass is 16.5. The predicted molar refractivity (Wildman–Crippen MR) is 77.2 cm³/mol. The second-order valence-electron chi connectivity index (χ2n) is 6.30. The third-order valence-electron chi connectivity index (χ3n) is 5.01. The van der Waals surface area contributed by atoms with Crippen molar-refractivity contribution in [3.63, 3.8) is 0 Å². The first-order chi connectivity index (χ1) is 10.6. The van der Waals surface area contributed by atoms with Gasteiger partial charge in [0, 0.05) is 18.3 Å². The van der Waals surface area contributed by atoms with E-state index in [-0.39, 0.29) is 18.0 Å². The van der Waals surface area contributed by atoms with Gasteiger partial charge in [-0.2, -0.15) is 0 Å². The Morgan fingerprint density at radius 1 is 1.23 bits per heavy atom. The molecule has 2 aliphatic heterocycles. The van der Waals surface area contributed by atoms with Gasteiger partial charge >= 0.3 is 0 Å². The molecule has 2 saturated heterocycles. The highest BCUT2D eigenvalue weighted by Gasteiger charge is 2.45. The van der Waals surface area contributed by atoms with E-state index < -0.39 is 0 Å². The van der Waals surface area contributed by atoms with Gasteiger partial charge < -0.3 is 9.42 Å². The zero-order valence-corrected chi connectivity index (χ0v) is 12.8. The molecule has 0 radical (unpaired) electrons. The van der Waals surface area contributed by atoms with E-state index >= 15 is 0 Å². The molecule has 0 aliphatic carbocycles. The molecule has 2 aromatic heterocycles.